The fraction of sp³-hybridized carbons (Fsp3) is 0.458. The van der Waals surface area contributed by atoms with Gasteiger partial charge in [0.1, 0.15) is 23.0 Å². The molecule has 6 nitrogen and oxygen atoms in total. The first-order valence-electron chi connectivity index (χ1n) is 10.8. The Labute approximate surface area is 206 Å². The summed E-state index contributed by atoms with van der Waals surface area (Å²) in [7, 11) is 0. The quantitative estimate of drug-likeness (QED) is 0.426. The van der Waals surface area contributed by atoms with Gasteiger partial charge in [-0.1, -0.05) is 0 Å². The van der Waals surface area contributed by atoms with Gasteiger partial charge in [-0.15, -0.1) is 0 Å². The molecule has 1 amide bonds. The number of rotatable bonds is 7. The lowest BCUT2D eigenvalue weighted by Gasteiger charge is -2.30. The SMILES string of the molecule is CC(C)(C)OC(=O)NC(Cc1cc(F)cc(F)c1)[C@H](O)CNC1CCOc2ccc(I)cc21. The van der Waals surface area contributed by atoms with Crippen LogP contribution in [0.15, 0.2) is 36.4 Å². The van der Waals surface area contributed by atoms with Crippen molar-refractivity contribution in [2.24, 2.45) is 0 Å². The Kier molecular flexibility index (Phi) is 8.52. The molecule has 0 radical (unpaired) electrons. The molecule has 0 aliphatic carbocycles. The molecule has 3 rings (SSSR count). The molecule has 1 aliphatic rings. The number of carbonyl (C=O) groups excluding carboxylic acids is 1. The molecule has 33 heavy (non-hydrogen) atoms. The number of hydrogen-bond donors (Lipinski definition) is 3. The molecule has 0 saturated carbocycles. The number of nitrogens with one attached hydrogen (secondary N) is 2. The molecule has 1 aliphatic heterocycles. The molecule has 1 heterocycles. The molecule has 180 valence electrons. The Morgan fingerprint density at radius 3 is 2.61 bits per heavy atom. The average molecular weight is 574 g/mol. The maximum absolute atomic E-state index is 13.7. The van der Waals surface area contributed by atoms with Crippen LogP contribution in [-0.2, 0) is 11.2 Å². The number of amides is 1. The average Bonchev–Trinajstić information content (AvgIpc) is 2.69. The predicted octanol–water partition coefficient (Wildman–Crippen LogP) is 4.48. The molecular formula is C24H29F2IN2O4. The summed E-state index contributed by atoms with van der Waals surface area (Å²) in [6, 6.07) is 8.21. The van der Waals surface area contributed by atoms with Gasteiger partial charge >= 0.3 is 6.09 Å². The van der Waals surface area contributed by atoms with E-state index in [2.05, 4.69) is 33.2 Å². The lowest BCUT2D eigenvalue weighted by molar-refractivity contribution is 0.0418. The zero-order valence-corrected chi connectivity index (χ0v) is 21.0. The third kappa shape index (κ3) is 7.79. The van der Waals surface area contributed by atoms with E-state index in [1.807, 2.05) is 18.2 Å². The number of carbonyl (C=O) groups is 1. The van der Waals surface area contributed by atoms with Crippen molar-refractivity contribution in [3.8, 4) is 5.75 Å². The molecule has 0 aromatic heterocycles. The fourth-order valence-corrected chi connectivity index (χ4v) is 4.22. The number of ether oxygens (including phenoxy) is 2. The van der Waals surface area contributed by atoms with Gasteiger partial charge in [0, 0.05) is 34.2 Å². The summed E-state index contributed by atoms with van der Waals surface area (Å²) in [4.78, 5) is 12.4. The van der Waals surface area contributed by atoms with Crippen molar-refractivity contribution in [1.29, 1.82) is 0 Å². The van der Waals surface area contributed by atoms with Crippen LogP contribution in [0.25, 0.3) is 0 Å². The standard InChI is InChI=1S/C24H29F2IN2O4/c1-24(2,3)33-23(31)29-20(10-14-8-15(25)11-16(26)9-14)21(30)13-28-19-6-7-32-22-5-4-17(27)12-18(19)22/h4-5,8-9,11-12,19-21,28,30H,6-7,10,13H2,1-3H3,(H,29,31)/t19?,20?,21-/m1/s1. The third-order valence-corrected chi connectivity index (χ3v) is 5.80. The Hall–Kier alpha value is -1.98. The molecule has 3 N–H and O–H groups in total. The minimum atomic E-state index is -1.04. The van der Waals surface area contributed by atoms with Crippen LogP contribution < -0.4 is 15.4 Å². The van der Waals surface area contributed by atoms with Crippen LogP contribution in [0, 0.1) is 15.2 Å². The van der Waals surface area contributed by atoms with E-state index in [0.717, 1.165) is 27.4 Å². The van der Waals surface area contributed by atoms with Crippen LogP contribution in [0.3, 0.4) is 0 Å². The van der Waals surface area contributed by atoms with Crippen molar-refractivity contribution >= 4 is 28.7 Å². The number of halogens is 3. The van der Waals surface area contributed by atoms with E-state index in [0.29, 0.717) is 12.2 Å². The first kappa shape index (κ1) is 25.6. The van der Waals surface area contributed by atoms with Gasteiger partial charge in [-0.25, -0.2) is 13.6 Å². The fourth-order valence-electron chi connectivity index (χ4n) is 3.71. The third-order valence-electron chi connectivity index (χ3n) is 5.13. The highest BCUT2D eigenvalue weighted by atomic mass is 127. The van der Waals surface area contributed by atoms with E-state index < -0.39 is 35.5 Å². The summed E-state index contributed by atoms with van der Waals surface area (Å²) in [5.41, 5.74) is 0.592. The molecule has 9 heteroatoms. The first-order chi connectivity index (χ1) is 15.5. The monoisotopic (exact) mass is 574 g/mol. The smallest absolute Gasteiger partial charge is 0.407 e. The number of aliphatic hydroxyl groups is 1. The van der Waals surface area contributed by atoms with Gasteiger partial charge in [0.15, 0.2) is 0 Å². The number of benzene rings is 2. The molecule has 0 saturated heterocycles. The van der Waals surface area contributed by atoms with Crippen molar-refractivity contribution in [3.63, 3.8) is 0 Å². The summed E-state index contributed by atoms with van der Waals surface area (Å²) in [6.45, 7) is 5.87. The van der Waals surface area contributed by atoms with Crippen molar-refractivity contribution < 1.29 is 28.2 Å². The second kappa shape index (κ2) is 11.0. The lowest BCUT2D eigenvalue weighted by atomic mass is 9.98. The lowest BCUT2D eigenvalue weighted by Crippen LogP contribution is -2.50. The summed E-state index contributed by atoms with van der Waals surface area (Å²) >= 11 is 2.23. The molecule has 0 spiro atoms. The minimum Gasteiger partial charge on any atom is -0.493 e. The Balaban J connectivity index is 1.72. The van der Waals surface area contributed by atoms with Gasteiger partial charge in [-0.3, -0.25) is 0 Å². The number of hydrogen-bond acceptors (Lipinski definition) is 5. The van der Waals surface area contributed by atoms with E-state index in [1.54, 1.807) is 20.8 Å². The molecule has 2 aromatic carbocycles. The Bertz CT molecular complexity index is 963. The highest BCUT2D eigenvalue weighted by Gasteiger charge is 2.28. The molecular weight excluding hydrogens is 545 g/mol. The minimum absolute atomic E-state index is 0.0268. The van der Waals surface area contributed by atoms with Gasteiger partial charge in [-0.2, -0.15) is 0 Å². The molecule has 2 unspecified atom stereocenters. The molecule has 2 aromatic rings. The van der Waals surface area contributed by atoms with Crippen molar-refractivity contribution in [1.82, 2.24) is 10.6 Å². The van der Waals surface area contributed by atoms with E-state index in [9.17, 15) is 18.7 Å². The molecule has 0 bridgehead atoms. The van der Waals surface area contributed by atoms with E-state index in [4.69, 9.17) is 9.47 Å². The van der Waals surface area contributed by atoms with E-state index >= 15 is 0 Å². The van der Waals surface area contributed by atoms with Crippen molar-refractivity contribution in [2.45, 2.75) is 57.4 Å². The van der Waals surface area contributed by atoms with Gasteiger partial charge in [0.25, 0.3) is 0 Å². The normalized spacial score (nSPS) is 17.5. The van der Waals surface area contributed by atoms with Crippen molar-refractivity contribution in [2.75, 3.05) is 13.2 Å². The number of aliphatic hydroxyl groups excluding tert-OH is 1. The zero-order valence-electron chi connectivity index (χ0n) is 18.8. The van der Waals surface area contributed by atoms with Gasteiger partial charge in [0.05, 0.1) is 18.8 Å². The largest absolute Gasteiger partial charge is 0.493 e. The maximum atomic E-state index is 13.7. The summed E-state index contributed by atoms with van der Waals surface area (Å²) in [5.74, 6) is -0.642. The van der Waals surface area contributed by atoms with Crippen molar-refractivity contribution in [3.05, 3.63) is 62.7 Å². The van der Waals surface area contributed by atoms with Gasteiger partial charge in [-0.05, 0) is 85.7 Å². The summed E-state index contributed by atoms with van der Waals surface area (Å²) in [5, 5.41) is 16.9. The van der Waals surface area contributed by atoms with Gasteiger partial charge in [0.2, 0.25) is 0 Å². The Morgan fingerprint density at radius 2 is 1.94 bits per heavy atom. The van der Waals surface area contributed by atoms with Gasteiger partial charge < -0.3 is 25.2 Å². The second-order valence-electron chi connectivity index (χ2n) is 9.08. The zero-order chi connectivity index (χ0) is 24.2. The number of fused-ring (bicyclic) bond motifs is 1. The first-order valence-corrected chi connectivity index (χ1v) is 11.9. The van der Waals surface area contributed by atoms with Crippen LogP contribution in [-0.4, -0.2) is 42.1 Å². The van der Waals surface area contributed by atoms with Crippen LogP contribution >= 0.6 is 22.6 Å². The summed E-state index contributed by atoms with van der Waals surface area (Å²) in [6.07, 6.45) is -1.01. The topological polar surface area (TPSA) is 79.8 Å². The van der Waals surface area contributed by atoms with E-state index in [-0.39, 0.29) is 19.0 Å². The van der Waals surface area contributed by atoms with Crippen LogP contribution in [0.1, 0.15) is 44.4 Å². The number of alkyl carbamates (subject to hydrolysis) is 1. The van der Waals surface area contributed by atoms with Crippen LogP contribution in [0.2, 0.25) is 0 Å². The maximum Gasteiger partial charge on any atom is 0.407 e. The molecule has 0 fully saturated rings. The van der Waals surface area contributed by atoms with Crippen LogP contribution in [0.5, 0.6) is 5.75 Å². The molecule has 3 atom stereocenters. The Morgan fingerprint density at radius 1 is 1.24 bits per heavy atom. The van der Waals surface area contributed by atoms with Crippen LogP contribution in [0.4, 0.5) is 13.6 Å². The highest BCUT2D eigenvalue weighted by molar-refractivity contribution is 14.1. The van der Waals surface area contributed by atoms with E-state index in [1.165, 1.54) is 12.1 Å². The summed E-state index contributed by atoms with van der Waals surface area (Å²) < 4.78 is 39.5. The second-order valence-corrected chi connectivity index (χ2v) is 10.3. The predicted molar refractivity (Wildman–Crippen MR) is 129 cm³/mol. The highest BCUT2D eigenvalue weighted by Crippen LogP contribution is 2.33.